The van der Waals surface area contributed by atoms with E-state index in [-0.39, 0.29) is 30.4 Å². The first-order chi connectivity index (χ1) is 18.5. The Kier molecular flexibility index (Phi) is 7.94. The molecule has 3 saturated heterocycles. The number of allylic oxidation sites excluding steroid dienone is 4. The minimum absolute atomic E-state index is 0.0431. The average molecular weight is 542 g/mol. The lowest BCUT2D eigenvalue weighted by molar-refractivity contribution is -0.332. The zero-order chi connectivity index (χ0) is 27.9. The van der Waals surface area contributed by atoms with Gasteiger partial charge in [-0.15, -0.1) is 0 Å². The topological polar surface area (TPSA) is 107 Å². The minimum Gasteiger partial charge on any atom is -0.462 e. The van der Waals surface area contributed by atoms with Crippen LogP contribution in [0.4, 0.5) is 0 Å². The van der Waals surface area contributed by atoms with Gasteiger partial charge in [0.2, 0.25) is 0 Å². The second-order valence-electron chi connectivity index (χ2n) is 12.4. The maximum atomic E-state index is 13.9. The third kappa shape index (κ3) is 5.41. The van der Waals surface area contributed by atoms with E-state index in [9.17, 15) is 15.1 Å². The van der Waals surface area contributed by atoms with Gasteiger partial charge in [-0.1, -0.05) is 55.0 Å². The Morgan fingerprint density at radius 3 is 2.67 bits per heavy atom. The van der Waals surface area contributed by atoms with Crippen LogP contribution in [0.3, 0.4) is 0 Å². The van der Waals surface area contributed by atoms with Gasteiger partial charge in [-0.3, -0.25) is 4.79 Å². The van der Waals surface area contributed by atoms with Gasteiger partial charge in [-0.05, 0) is 63.0 Å². The number of carbonyl (C=O) groups excluding carboxylic acids is 1. The van der Waals surface area contributed by atoms with E-state index in [4.69, 9.17) is 18.9 Å². The Morgan fingerprint density at radius 1 is 1.13 bits per heavy atom. The molecule has 0 saturated carbocycles. The van der Waals surface area contributed by atoms with E-state index in [0.29, 0.717) is 36.3 Å². The van der Waals surface area contributed by atoms with E-state index in [2.05, 4.69) is 45.0 Å². The summed E-state index contributed by atoms with van der Waals surface area (Å²) >= 11 is 0. The number of oxime groups is 1. The van der Waals surface area contributed by atoms with Crippen LogP contribution in [0.25, 0.3) is 0 Å². The lowest BCUT2D eigenvalue weighted by atomic mass is 9.71. The smallest absolute Gasteiger partial charge is 0.316 e. The van der Waals surface area contributed by atoms with Gasteiger partial charge in [0.15, 0.2) is 5.79 Å². The molecule has 0 radical (unpaired) electrons. The summed E-state index contributed by atoms with van der Waals surface area (Å²) in [5.41, 5.74) is 0.916. The third-order valence-electron chi connectivity index (χ3n) is 9.25. The Balaban J connectivity index is 1.53. The van der Waals surface area contributed by atoms with Crippen LogP contribution in [0.1, 0.15) is 73.1 Å². The van der Waals surface area contributed by atoms with Crippen LogP contribution in [-0.2, 0) is 23.7 Å². The first kappa shape index (κ1) is 28.3. The van der Waals surface area contributed by atoms with Crippen molar-refractivity contribution in [1.82, 2.24) is 0 Å². The standard InChI is InChI=1S/C31H43NO7/c1-18-7-6-8-23-17-36-28-27(32-35)21(4)14-26(31(23,28)34)29(33)37-25-15-24(10-9-19(2)13-18)39-30(16-25)12-11-20(3)22(5)38-30/h6-9,14,18,20,22,24-26,28,34-35H,10-13,15-17H2,1-5H3/b7-6?,19-9?,23-8?,32-27+/t18-,20-,22+,24+,25-,26-,28+,30-,31+/m0/s1. The summed E-state index contributed by atoms with van der Waals surface area (Å²) in [6, 6.07) is 0. The zero-order valence-corrected chi connectivity index (χ0v) is 23.8. The Morgan fingerprint density at radius 2 is 1.92 bits per heavy atom. The van der Waals surface area contributed by atoms with E-state index in [1.165, 1.54) is 5.57 Å². The SMILES string of the molecule is CC1=CC[C@@H]2C[C@@H](C[C@]3(CC[C@H](C)[C@@H](C)O3)O2)OC(=O)[C@@H]2C=C(C)/C(=N\O)[C@H]3OCC(=CC=C[C@H](C)C1)[C@]32O. The summed E-state index contributed by atoms with van der Waals surface area (Å²) in [6.07, 6.45) is 12.6. The molecule has 4 heterocycles. The summed E-state index contributed by atoms with van der Waals surface area (Å²) in [6.45, 7) is 10.4. The zero-order valence-electron chi connectivity index (χ0n) is 23.8. The highest BCUT2D eigenvalue weighted by molar-refractivity contribution is 6.06. The highest BCUT2D eigenvalue weighted by Crippen LogP contribution is 2.46. The number of aliphatic hydroxyl groups is 1. The number of rotatable bonds is 0. The van der Waals surface area contributed by atoms with Crippen molar-refractivity contribution in [3.05, 3.63) is 47.1 Å². The highest BCUT2D eigenvalue weighted by Gasteiger charge is 2.59. The molecule has 3 fully saturated rings. The van der Waals surface area contributed by atoms with Crippen molar-refractivity contribution in [2.45, 2.75) is 109 Å². The molecule has 0 aromatic rings. The van der Waals surface area contributed by atoms with Crippen molar-refractivity contribution in [1.29, 1.82) is 0 Å². The lowest BCUT2D eigenvalue weighted by Crippen LogP contribution is -2.57. The molecular weight excluding hydrogens is 498 g/mol. The van der Waals surface area contributed by atoms with E-state index >= 15 is 0 Å². The molecule has 1 spiro atoms. The number of hydrogen-bond acceptors (Lipinski definition) is 8. The molecule has 9 atom stereocenters. The van der Waals surface area contributed by atoms with Gasteiger partial charge in [0.05, 0.1) is 18.8 Å². The van der Waals surface area contributed by atoms with E-state index in [1.807, 2.05) is 12.2 Å². The van der Waals surface area contributed by atoms with E-state index in [1.54, 1.807) is 13.0 Å². The lowest BCUT2D eigenvalue weighted by Gasteiger charge is -2.49. The van der Waals surface area contributed by atoms with Gasteiger partial charge in [0.25, 0.3) is 0 Å². The summed E-state index contributed by atoms with van der Waals surface area (Å²) in [4.78, 5) is 13.9. The van der Waals surface area contributed by atoms with E-state index in [0.717, 1.165) is 19.3 Å². The fraction of sp³-hybridized carbons (Fsp3) is 0.677. The Hall–Kier alpha value is -2.26. The number of ether oxygens (including phenoxy) is 4. The summed E-state index contributed by atoms with van der Waals surface area (Å²) < 4.78 is 25.3. The normalized spacial score (nSPS) is 44.4. The quantitative estimate of drug-likeness (QED) is 0.192. The fourth-order valence-corrected chi connectivity index (χ4v) is 6.85. The third-order valence-corrected chi connectivity index (χ3v) is 9.25. The van der Waals surface area contributed by atoms with Crippen LogP contribution < -0.4 is 0 Å². The number of nitrogens with zero attached hydrogens (tertiary/aromatic N) is 1. The number of hydrogen-bond donors (Lipinski definition) is 2. The van der Waals surface area contributed by atoms with Gasteiger partial charge in [0.1, 0.15) is 29.4 Å². The van der Waals surface area contributed by atoms with Crippen LogP contribution in [-0.4, -0.2) is 64.4 Å². The van der Waals surface area contributed by atoms with Crippen molar-refractivity contribution in [2.24, 2.45) is 22.9 Å². The predicted octanol–water partition coefficient (Wildman–Crippen LogP) is 5.00. The van der Waals surface area contributed by atoms with Crippen molar-refractivity contribution >= 4 is 11.7 Å². The van der Waals surface area contributed by atoms with Crippen molar-refractivity contribution < 1.29 is 34.1 Å². The van der Waals surface area contributed by atoms with Crippen LogP contribution in [0, 0.1) is 17.8 Å². The maximum absolute atomic E-state index is 13.9. The average Bonchev–Trinajstić information content (AvgIpc) is 3.21. The van der Waals surface area contributed by atoms with Crippen molar-refractivity contribution in [3.63, 3.8) is 0 Å². The molecule has 0 aromatic carbocycles. The van der Waals surface area contributed by atoms with Gasteiger partial charge in [-0.25, -0.2) is 0 Å². The highest BCUT2D eigenvalue weighted by atomic mass is 16.7. The van der Waals surface area contributed by atoms with Gasteiger partial charge < -0.3 is 29.3 Å². The molecule has 0 amide bonds. The van der Waals surface area contributed by atoms with Gasteiger partial charge >= 0.3 is 5.97 Å². The number of esters is 1. The first-order valence-corrected chi connectivity index (χ1v) is 14.4. The second kappa shape index (κ2) is 11.0. The monoisotopic (exact) mass is 541 g/mol. The molecule has 1 aliphatic carbocycles. The summed E-state index contributed by atoms with van der Waals surface area (Å²) in [7, 11) is 0. The first-order valence-electron chi connectivity index (χ1n) is 14.4. The molecule has 8 heteroatoms. The van der Waals surface area contributed by atoms with Crippen molar-refractivity contribution in [2.75, 3.05) is 6.61 Å². The molecule has 4 aliphatic heterocycles. The largest absolute Gasteiger partial charge is 0.462 e. The molecule has 214 valence electrons. The molecule has 2 N–H and O–H groups in total. The van der Waals surface area contributed by atoms with Crippen LogP contribution >= 0.6 is 0 Å². The second-order valence-corrected chi connectivity index (χ2v) is 12.4. The minimum atomic E-state index is -1.72. The molecule has 5 rings (SSSR count). The molecule has 5 aliphatic rings. The van der Waals surface area contributed by atoms with Crippen LogP contribution in [0.5, 0.6) is 0 Å². The molecular formula is C31H43NO7. The number of carbonyl (C=O) groups is 1. The van der Waals surface area contributed by atoms with Gasteiger partial charge in [0, 0.05) is 19.3 Å². The van der Waals surface area contributed by atoms with Crippen LogP contribution in [0.2, 0.25) is 0 Å². The van der Waals surface area contributed by atoms with Gasteiger partial charge in [-0.2, -0.15) is 0 Å². The van der Waals surface area contributed by atoms with Crippen LogP contribution in [0.15, 0.2) is 52.3 Å². The van der Waals surface area contributed by atoms with E-state index < -0.39 is 35.5 Å². The van der Waals surface area contributed by atoms with Crippen molar-refractivity contribution in [3.8, 4) is 0 Å². The fourth-order valence-electron chi connectivity index (χ4n) is 6.85. The summed E-state index contributed by atoms with van der Waals surface area (Å²) in [5.74, 6) is -1.62. The predicted molar refractivity (Wildman–Crippen MR) is 146 cm³/mol. The summed E-state index contributed by atoms with van der Waals surface area (Å²) in [5, 5.41) is 25.2. The molecule has 8 nitrogen and oxygen atoms in total. The molecule has 2 bridgehead atoms. The Bertz CT molecular complexity index is 1120. The number of fused-ring (bicyclic) bond motifs is 2. The molecule has 0 aromatic heterocycles. The maximum Gasteiger partial charge on any atom is 0.316 e. The molecule has 39 heavy (non-hydrogen) atoms. The molecule has 0 unspecified atom stereocenters. The Labute approximate surface area is 231 Å².